The fourth-order valence-corrected chi connectivity index (χ4v) is 2.71. The monoisotopic (exact) mass is 338 g/mol. The van der Waals surface area contributed by atoms with Crippen molar-refractivity contribution in [3.05, 3.63) is 28.7 Å². The lowest BCUT2D eigenvalue weighted by molar-refractivity contribution is 0.0987. The fraction of sp³-hybridized carbons (Fsp3) is 0.364. The molecule has 104 valence electrons. The van der Waals surface area contributed by atoms with E-state index in [-0.39, 0.29) is 11.9 Å². The van der Waals surface area contributed by atoms with Gasteiger partial charge in [0.05, 0.1) is 4.47 Å². The third-order valence-electron chi connectivity index (χ3n) is 3.12. The van der Waals surface area contributed by atoms with Crippen LogP contribution in [0, 0.1) is 0 Å². The molecular weight excluding hydrogens is 328 g/mol. The highest BCUT2D eigenvalue weighted by molar-refractivity contribution is 9.10. The van der Waals surface area contributed by atoms with E-state index in [4.69, 9.17) is 10.3 Å². The Balaban J connectivity index is 1.92. The quantitative estimate of drug-likeness (QED) is 0.890. The first-order chi connectivity index (χ1) is 9.66. The minimum Gasteiger partial charge on any atom is -0.363 e. The van der Waals surface area contributed by atoms with Gasteiger partial charge in [-0.15, -0.1) is 0 Å². The van der Waals surface area contributed by atoms with Crippen molar-refractivity contribution in [3.63, 3.8) is 0 Å². The van der Waals surface area contributed by atoms with Gasteiger partial charge in [0.2, 0.25) is 5.89 Å². The zero-order chi connectivity index (χ0) is 14.1. The number of rotatable bonds is 3. The number of hydrogen-bond acceptors (Lipinski definition) is 7. The number of aromatic nitrogens is 4. The number of nitrogens with two attached hydrogens (primary N) is 1. The summed E-state index contributed by atoms with van der Waals surface area (Å²) in [5.41, 5.74) is 5.13. The normalized spacial score (nSPS) is 18.4. The van der Waals surface area contributed by atoms with E-state index in [0.717, 1.165) is 29.7 Å². The molecule has 20 heavy (non-hydrogen) atoms. The van der Waals surface area contributed by atoms with Crippen molar-refractivity contribution >= 4 is 27.7 Å². The van der Waals surface area contributed by atoms with Crippen LogP contribution < -0.4 is 10.6 Å². The average Bonchev–Trinajstić information content (AvgIpc) is 3.07. The molecule has 3 rings (SSSR count). The van der Waals surface area contributed by atoms with Crippen LogP contribution in [0.2, 0.25) is 0 Å². The van der Waals surface area contributed by atoms with Crippen LogP contribution >= 0.6 is 15.9 Å². The summed E-state index contributed by atoms with van der Waals surface area (Å²) in [6.07, 6.45) is 4.98. The van der Waals surface area contributed by atoms with Crippen molar-refractivity contribution in [2.24, 2.45) is 5.73 Å². The molecule has 1 unspecified atom stereocenters. The van der Waals surface area contributed by atoms with Crippen molar-refractivity contribution in [2.45, 2.75) is 18.9 Å². The summed E-state index contributed by atoms with van der Waals surface area (Å²) < 4.78 is 5.93. The second-order valence-electron chi connectivity index (χ2n) is 4.37. The maximum Gasteiger partial charge on any atom is 0.290 e. The average molecular weight is 339 g/mol. The second kappa shape index (κ2) is 5.16. The first-order valence-corrected chi connectivity index (χ1v) is 6.81. The van der Waals surface area contributed by atoms with E-state index < -0.39 is 5.91 Å². The molecule has 2 aromatic heterocycles. The Hall–Kier alpha value is -2.03. The van der Waals surface area contributed by atoms with Crippen molar-refractivity contribution in [2.75, 3.05) is 11.4 Å². The van der Waals surface area contributed by atoms with Crippen LogP contribution in [0.3, 0.4) is 0 Å². The summed E-state index contributed by atoms with van der Waals surface area (Å²) in [5, 5.41) is 3.58. The Kier molecular flexibility index (Phi) is 3.35. The Morgan fingerprint density at radius 1 is 1.55 bits per heavy atom. The first kappa shape index (κ1) is 13.0. The Morgan fingerprint density at radius 3 is 3.10 bits per heavy atom. The second-order valence-corrected chi connectivity index (χ2v) is 5.22. The molecule has 0 radical (unpaired) electrons. The zero-order valence-corrected chi connectivity index (χ0v) is 11.9. The minimum atomic E-state index is -0.701. The van der Waals surface area contributed by atoms with Crippen LogP contribution in [0.15, 0.2) is 21.5 Å². The molecule has 1 amide bonds. The predicted octanol–water partition coefficient (Wildman–Crippen LogP) is 1.06. The molecular formula is C11H11BrN6O2. The molecule has 8 nitrogen and oxygen atoms in total. The summed E-state index contributed by atoms with van der Waals surface area (Å²) in [6.45, 7) is 0.814. The van der Waals surface area contributed by atoms with E-state index >= 15 is 0 Å². The highest BCUT2D eigenvalue weighted by Gasteiger charge is 2.33. The van der Waals surface area contributed by atoms with E-state index in [2.05, 4.69) is 36.0 Å². The molecule has 1 fully saturated rings. The first-order valence-electron chi connectivity index (χ1n) is 6.02. The molecule has 0 aromatic carbocycles. The van der Waals surface area contributed by atoms with Gasteiger partial charge in [-0.2, -0.15) is 4.98 Å². The van der Waals surface area contributed by atoms with E-state index in [1.54, 1.807) is 6.20 Å². The molecule has 0 bridgehead atoms. The SMILES string of the molecule is NC(=O)c1noc(C2CCCN2c2ncncc2Br)n1. The van der Waals surface area contributed by atoms with Crippen LogP contribution in [0.4, 0.5) is 5.82 Å². The summed E-state index contributed by atoms with van der Waals surface area (Å²) >= 11 is 3.43. The number of carbonyl (C=O) groups is 1. The number of amides is 1. The highest BCUT2D eigenvalue weighted by Crippen LogP contribution is 2.37. The Morgan fingerprint density at radius 2 is 2.40 bits per heavy atom. The molecule has 1 aliphatic rings. The summed E-state index contributed by atoms with van der Waals surface area (Å²) in [7, 11) is 0. The van der Waals surface area contributed by atoms with Crippen LogP contribution in [-0.2, 0) is 0 Å². The molecule has 0 aliphatic carbocycles. The van der Waals surface area contributed by atoms with Gasteiger partial charge in [0.1, 0.15) is 18.2 Å². The Bertz CT molecular complexity index is 645. The largest absolute Gasteiger partial charge is 0.363 e. The van der Waals surface area contributed by atoms with Gasteiger partial charge in [0.15, 0.2) is 0 Å². The molecule has 0 saturated carbocycles. The number of anilines is 1. The van der Waals surface area contributed by atoms with Gasteiger partial charge in [-0.1, -0.05) is 5.16 Å². The number of halogens is 1. The number of nitrogens with zero attached hydrogens (tertiary/aromatic N) is 5. The van der Waals surface area contributed by atoms with Gasteiger partial charge in [0.25, 0.3) is 11.7 Å². The molecule has 1 atom stereocenters. The maximum absolute atomic E-state index is 11.0. The van der Waals surface area contributed by atoms with E-state index in [9.17, 15) is 4.79 Å². The van der Waals surface area contributed by atoms with Crippen LogP contribution in [-0.4, -0.2) is 32.6 Å². The lowest BCUT2D eigenvalue weighted by atomic mass is 10.2. The maximum atomic E-state index is 11.0. The number of carbonyl (C=O) groups excluding carboxylic acids is 1. The third kappa shape index (κ3) is 2.24. The van der Waals surface area contributed by atoms with Crippen LogP contribution in [0.25, 0.3) is 0 Å². The lowest BCUT2D eigenvalue weighted by Crippen LogP contribution is -2.24. The van der Waals surface area contributed by atoms with Crippen molar-refractivity contribution < 1.29 is 9.32 Å². The highest BCUT2D eigenvalue weighted by atomic mass is 79.9. The van der Waals surface area contributed by atoms with Crippen LogP contribution in [0.1, 0.15) is 35.4 Å². The molecule has 3 heterocycles. The molecule has 0 spiro atoms. The molecule has 1 aliphatic heterocycles. The van der Waals surface area contributed by atoms with Gasteiger partial charge in [0, 0.05) is 12.7 Å². The van der Waals surface area contributed by atoms with E-state index in [1.807, 2.05) is 4.90 Å². The minimum absolute atomic E-state index is 0.103. The van der Waals surface area contributed by atoms with Crippen LogP contribution in [0.5, 0.6) is 0 Å². The number of primary amides is 1. The number of hydrogen-bond donors (Lipinski definition) is 1. The predicted molar refractivity (Wildman–Crippen MR) is 71.9 cm³/mol. The van der Waals surface area contributed by atoms with E-state index in [0.29, 0.717) is 5.89 Å². The van der Waals surface area contributed by atoms with Crippen molar-refractivity contribution in [1.82, 2.24) is 20.1 Å². The molecule has 2 aromatic rings. The van der Waals surface area contributed by atoms with Gasteiger partial charge in [-0.3, -0.25) is 4.79 Å². The van der Waals surface area contributed by atoms with Crippen molar-refractivity contribution in [3.8, 4) is 0 Å². The Labute approximate surface area is 122 Å². The zero-order valence-electron chi connectivity index (χ0n) is 10.4. The summed E-state index contributed by atoms with van der Waals surface area (Å²) in [5.74, 6) is 0.338. The lowest BCUT2D eigenvalue weighted by Gasteiger charge is -2.23. The van der Waals surface area contributed by atoms with Gasteiger partial charge in [-0.05, 0) is 28.8 Å². The topological polar surface area (TPSA) is 111 Å². The molecule has 2 N–H and O–H groups in total. The van der Waals surface area contributed by atoms with Gasteiger partial charge < -0.3 is 15.2 Å². The molecule has 1 saturated heterocycles. The van der Waals surface area contributed by atoms with Crippen molar-refractivity contribution in [1.29, 1.82) is 0 Å². The van der Waals surface area contributed by atoms with Gasteiger partial charge in [-0.25, -0.2) is 9.97 Å². The standard InChI is InChI=1S/C11H11BrN6O2/c12-6-4-14-5-15-10(6)18-3-1-2-7(18)11-16-9(8(13)19)17-20-11/h4-5,7H,1-3H2,(H2,13,19). The van der Waals surface area contributed by atoms with E-state index in [1.165, 1.54) is 6.33 Å². The summed E-state index contributed by atoms with van der Waals surface area (Å²) in [6, 6.07) is -0.109. The fourth-order valence-electron chi connectivity index (χ4n) is 2.27. The summed E-state index contributed by atoms with van der Waals surface area (Å²) in [4.78, 5) is 25.3. The smallest absolute Gasteiger partial charge is 0.290 e. The van der Waals surface area contributed by atoms with Gasteiger partial charge >= 0.3 is 0 Å². The third-order valence-corrected chi connectivity index (χ3v) is 3.68. The molecule has 9 heteroatoms.